The number of carbonyl (C=O) groups excluding carboxylic acids is 1. The number of halogens is 1. The molecule has 0 saturated heterocycles. The molecule has 6 heteroatoms. The Labute approximate surface area is 101 Å². The van der Waals surface area contributed by atoms with E-state index < -0.39 is 0 Å². The highest BCUT2D eigenvalue weighted by atomic mass is 35.5. The molecule has 1 N–H and O–H groups in total. The molecule has 1 aromatic carbocycles. The van der Waals surface area contributed by atoms with Gasteiger partial charge in [0.2, 0.25) is 11.0 Å². The molecule has 2 aromatic rings. The fraction of sp³-hybridized carbons (Fsp3) is 0.100. The maximum Gasteiger partial charge on any atom is 0.223 e. The Morgan fingerprint density at radius 2 is 2.19 bits per heavy atom. The first-order valence-corrected chi connectivity index (χ1v) is 5.68. The number of hydrogen-bond acceptors (Lipinski definition) is 4. The Kier molecular flexibility index (Phi) is 3.17. The first-order chi connectivity index (χ1) is 7.66. The van der Waals surface area contributed by atoms with Crippen molar-refractivity contribution in [1.82, 2.24) is 9.36 Å². The molecule has 0 saturated carbocycles. The third-order valence-electron chi connectivity index (χ3n) is 1.82. The number of amides is 1. The summed E-state index contributed by atoms with van der Waals surface area (Å²) in [6, 6.07) is 7.31. The minimum absolute atomic E-state index is 0.165. The predicted octanol–water partition coefficient (Wildman–Crippen LogP) is 2.82. The number of aromatic nitrogens is 2. The molecule has 1 amide bonds. The molecule has 0 radical (unpaired) electrons. The van der Waals surface area contributed by atoms with Gasteiger partial charge in [-0.25, -0.2) is 0 Å². The molecular formula is C10H8ClN3OS. The Morgan fingerprint density at radius 1 is 1.44 bits per heavy atom. The summed E-state index contributed by atoms with van der Waals surface area (Å²) >= 11 is 7.14. The van der Waals surface area contributed by atoms with Gasteiger partial charge in [0.25, 0.3) is 0 Å². The Balaban J connectivity index is 2.32. The van der Waals surface area contributed by atoms with Gasteiger partial charge in [0.1, 0.15) is 0 Å². The van der Waals surface area contributed by atoms with Crippen molar-refractivity contribution in [2.45, 2.75) is 6.92 Å². The lowest BCUT2D eigenvalue weighted by Gasteiger charge is -1.97. The second-order valence-corrected chi connectivity index (χ2v) is 4.24. The molecule has 2 rings (SSSR count). The number of carbonyl (C=O) groups is 1. The van der Waals surface area contributed by atoms with Crippen LogP contribution in [0.3, 0.4) is 0 Å². The first kappa shape index (κ1) is 11.0. The van der Waals surface area contributed by atoms with Crippen molar-refractivity contribution in [2.75, 3.05) is 5.32 Å². The molecule has 0 unspecified atom stereocenters. The van der Waals surface area contributed by atoms with Gasteiger partial charge in [-0.2, -0.15) is 9.36 Å². The minimum atomic E-state index is -0.165. The van der Waals surface area contributed by atoms with Crippen LogP contribution in [0.2, 0.25) is 5.02 Å². The maximum atomic E-state index is 10.8. The van der Waals surface area contributed by atoms with Gasteiger partial charge in [-0.15, -0.1) is 0 Å². The van der Waals surface area contributed by atoms with Gasteiger partial charge in [0.05, 0.1) is 5.02 Å². The average Bonchev–Trinajstić information content (AvgIpc) is 2.66. The number of nitrogens with zero attached hydrogens (tertiary/aromatic N) is 2. The molecule has 0 atom stereocenters. The van der Waals surface area contributed by atoms with E-state index >= 15 is 0 Å². The van der Waals surface area contributed by atoms with Crippen molar-refractivity contribution >= 4 is 34.2 Å². The molecule has 0 bridgehead atoms. The second-order valence-electron chi connectivity index (χ2n) is 3.08. The third kappa shape index (κ3) is 2.37. The Morgan fingerprint density at radius 3 is 2.88 bits per heavy atom. The van der Waals surface area contributed by atoms with Gasteiger partial charge in [0, 0.05) is 24.0 Å². The Bertz CT molecular complexity index is 526. The summed E-state index contributed by atoms with van der Waals surface area (Å²) in [7, 11) is 0. The van der Waals surface area contributed by atoms with E-state index in [2.05, 4.69) is 14.7 Å². The lowest BCUT2D eigenvalue weighted by atomic mass is 10.2. The van der Waals surface area contributed by atoms with E-state index in [1.165, 1.54) is 6.92 Å². The van der Waals surface area contributed by atoms with Crippen LogP contribution in [0, 0.1) is 0 Å². The number of hydrogen-bond donors (Lipinski definition) is 1. The number of anilines is 1. The third-order valence-corrected chi connectivity index (χ3v) is 2.78. The van der Waals surface area contributed by atoms with Crippen molar-refractivity contribution in [1.29, 1.82) is 0 Å². The SMILES string of the molecule is CC(=O)Nc1nc(-c2ccccc2Cl)ns1. The molecule has 4 nitrogen and oxygen atoms in total. The molecule has 1 heterocycles. The van der Waals surface area contributed by atoms with Crippen LogP contribution in [0.1, 0.15) is 6.92 Å². The van der Waals surface area contributed by atoms with Crippen LogP contribution in [-0.4, -0.2) is 15.3 Å². The summed E-state index contributed by atoms with van der Waals surface area (Å²) in [4.78, 5) is 15.0. The first-order valence-electron chi connectivity index (χ1n) is 4.53. The molecule has 0 aliphatic heterocycles. The molecule has 1 aromatic heterocycles. The van der Waals surface area contributed by atoms with Gasteiger partial charge in [0.15, 0.2) is 5.82 Å². The van der Waals surface area contributed by atoms with Crippen molar-refractivity contribution in [3.05, 3.63) is 29.3 Å². The molecule has 0 aliphatic rings. The van der Waals surface area contributed by atoms with Crippen LogP contribution in [-0.2, 0) is 4.79 Å². The molecule has 0 spiro atoms. The van der Waals surface area contributed by atoms with Crippen molar-refractivity contribution in [3.63, 3.8) is 0 Å². The topological polar surface area (TPSA) is 54.9 Å². The van der Waals surface area contributed by atoms with E-state index in [-0.39, 0.29) is 5.91 Å². The zero-order valence-corrected chi connectivity index (χ0v) is 9.97. The summed E-state index contributed by atoms with van der Waals surface area (Å²) in [6.45, 7) is 1.43. The van der Waals surface area contributed by atoms with Gasteiger partial charge in [-0.1, -0.05) is 23.7 Å². The van der Waals surface area contributed by atoms with E-state index in [1.54, 1.807) is 6.07 Å². The van der Waals surface area contributed by atoms with E-state index in [1.807, 2.05) is 18.2 Å². The summed E-state index contributed by atoms with van der Waals surface area (Å²) in [6.07, 6.45) is 0. The minimum Gasteiger partial charge on any atom is -0.301 e. The fourth-order valence-corrected chi connectivity index (χ4v) is 2.03. The Hall–Kier alpha value is -1.46. The second kappa shape index (κ2) is 4.59. The van der Waals surface area contributed by atoms with Crippen molar-refractivity contribution < 1.29 is 4.79 Å². The predicted molar refractivity (Wildman–Crippen MR) is 64.7 cm³/mol. The molecule has 82 valence electrons. The number of nitrogens with one attached hydrogen (secondary N) is 1. The zero-order valence-electron chi connectivity index (χ0n) is 8.40. The standard InChI is InChI=1S/C10H8ClN3OS/c1-6(15)12-10-13-9(14-16-10)7-4-2-3-5-8(7)11/h2-5H,1H3,(H,12,13,14,15). The van der Waals surface area contributed by atoms with E-state index in [0.717, 1.165) is 17.1 Å². The van der Waals surface area contributed by atoms with E-state index in [9.17, 15) is 4.79 Å². The van der Waals surface area contributed by atoms with E-state index in [0.29, 0.717) is 16.0 Å². The lowest BCUT2D eigenvalue weighted by molar-refractivity contribution is -0.114. The number of benzene rings is 1. The van der Waals surface area contributed by atoms with E-state index in [4.69, 9.17) is 11.6 Å². The van der Waals surface area contributed by atoms with Crippen molar-refractivity contribution in [2.24, 2.45) is 0 Å². The quantitative estimate of drug-likeness (QED) is 0.895. The monoisotopic (exact) mass is 253 g/mol. The summed E-state index contributed by atoms with van der Waals surface area (Å²) in [5.41, 5.74) is 0.761. The smallest absolute Gasteiger partial charge is 0.223 e. The molecule has 16 heavy (non-hydrogen) atoms. The fourth-order valence-electron chi connectivity index (χ4n) is 1.18. The van der Waals surface area contributed by atoms with Crippen molar-refractivity contribution in [3.8, 4) is 11.4 Å². The summed E-state index contributed by atoms with van der Waals surface area (Å²) < 4.78 is 4.13. The molecule has 0 fully saturated rings. The molecular weight excluding hydrogens is 246 g/mol. The van der Waals surface area contributed by atoms with Crippen LogP contribution in [0.4, 0.5) is 5.13 Å². The van der Waals surface area contributed by atoms with Crippen LogP contribution >= 0.6 is 23.1 Å². The summed E-state index contributed by atoms with van der Waals surface area (Å²) in [5, 5.41) is 3.64. The van der Waals surface area contributed by atoms with Crippen LogP contribution in [0.15, 0.2) is 24.3 Å². The average molecular weight is 254 g/mol. The number of rotatable bonds is 2. The largest absolute Gasteiger partial charge is 0.301 e. The highest BCUT2D eigenvalue weighted by Crippen LogP contribution is 2.27. The zero-order chi connectivity index (χ0) is 11.5. The summed E-state index contributed by atoms with van der Waals surface area (Å²) in [5.74, 6) is 0.362. The van der Waals surface area contributed by atoms with Gasteiger partial charge in [-0.3, -0.25) is 4.79 Å². The maximum absolute atomic E-state index is 10.8. The normalized spacial score (nSPS) is 10.1. The highest BCUT2D eigenvalue weighted by molar-refractivity contribution is 7.10. The van der Waals surface area contributed by atoms with Crippen LogP contribution < -0.4 is 5.32 Å². The van der Waals surface area contributed by atoms with Crippen LogP contribution in [0.5, 0.6) is 0 Å². The van der Waals surface area contributed by atoms with Gasteiger partial charge < -0.3 is 5.32 Å². The lowest BCUT2D eigenvalue weighted by Crippen LogP contribution is -2.04. The van der Waals surface area contributed by atoms with Crippen LogP contribution in [0.25, 0.3) is 11.4 Å². The van der Waals surface area contributed by atoms with Gasteiger partial charge in [-0.05, 0) is 12.1 Å². The molecule has 0 aliphatic carbocycles. The van der Waals surface area contributed by atoms with Gasteiger partial charge >= 0.3 is 0 Å². The highest BCUT2D eigenvalue weighted by Gasteiger charge is 2.09.